The largest absolute Gasteiger partial charge is 0.416 e. The standard InChI is InChI=1S/C13H12F3N3O3/c1-3-6-22-11-10(20)19(12(21)18(11)2)9-7-8(4-5-17-9)13(14,15)16/h1,4-5,7,10-11,20H,6H2,2H3. The van der Waals surface area contributed by atoms with E-state index >= 15 is 0 Å². The van der Waals surface area contributed by atoms with Crippen molar-refractivity contribution in [1.82, 2.24) is 9.88 Å². The molecule has 9 heteroatoms. The van der Waals surface area contributed by atoms with Gasteiger partial charge in [-0.15, -0.1) is 6.42 Å². The van der Waals surface area contributed by atoms with E-state index in [1.165, 1.54) is 7.05 Å². The van der Waals surface area contributed by atoms with E-state index in [-0.39, 0.29) is 12.4 Å². The molecule has 22 heavy (non-hydrogen) atoms. The first-order valence-electron chi connectivity index (χ1n) is 6.09. The van der Waals surface area contributed by atoms with Crippen LogP contribution in [0.3, 0.4) is 0 Å². The minimum atomic E-state index is -4.59. The number of aliphatic hydroxyl groups is 1. The molecular formula is C13H12F3N3O3. The summed E-state index contributed by atoms with van der Waals surface area (Å²) >= 11 is 0. The van der Waals surface area contributed by atoms with Crippen LogP contribution in [0.1, 0.15) is 5.56 Å². The lowest BCUT2D eigenvalue weighted by molar-refractivity contribution is -0.137. The van der Waals surface area contributed by atoms with Gasteiger partial charge in [0.2, 0.25) is 0 Å². The fourth-order valence-corrected chi connectivity index (χ4v) is 2.01. The van der Waals surface area contributed by atoms with Gasteiger partial charge in [-0.2, -0.15) is 13.2 Å². The highest BCUT2D eigenvalue weighted by atomic mass is 19.4. The average molecular weight is 315 g/mol. The molecule has 2 heterocycles. The molecule has 0 spiro atoms. The van der Waals surface area contributed by atoms with Gasteiger partial charge in [-0.25, -0.2) is 14.7 Å². The Morgan fingerprint density at radius 3 is 2.82 bits per heavy atom. The van der Waals surface area contributed by atoms with Crippen molar-refractivity contribution >= 4 is 11.8 Å². The molecule has 118 valence electrons. The fourth-order valence-electron chi connectivity index (χ4n) is 2.01. The van der Waals surface area contributed by atoms with Gasteiger partial charge in [0.15, 0.2) is 12.5 Å². The number of ether oxygens (including phenoxy) is 1. The number of terminal acetylenes is 1. The zero-order valence-corrected chi connectivity index (χ0v) is 11.4. The minimum absolute atomic E-state index is 0.163. The zero-order chi connectivity index (χ0) is 16.5. The van der Waals surface area contributed by atoms with Gasteiger partial charge < -0.3 is 9.84 Å². The number of amides is 2. The number of anilines is 1. The second kappa shape index (κ2) is 5.82. The van der Waals surface area contributed by atoms with E-state index in [1.54, 1.807) is 0 Å². The topological polar surface area (TPSA) is 65.9 Å². The predicted octanol–water partition coefficient (Wildman–Crippen LogP) is 1.27. The molecule has 1 aliphatic heterocycles. The highest BCUT2D eigenvalue weighted by molar-refractivity contribution is 5.93. The molecule has 1 fully saturated rings. The van der Waals surface area contributed by atoms with Gasteiger partial charge in [0.25, 0.3) is 0 Å². The zero-order valence-electron chi connectivity index (χ0n) is 11.4. The third kappa shape index (κ3) is 2.84. The van der Waals surface area contributed by atoms with Crippen LogP contribution in [-0.4, -0.2) is 47.1 Å². The molecule has 0 aromatic carbocycles. The van der Waals surface area contributed by atoms with Crippen molar-refractivity contribution in [1.29, 1.82) is 0 Å². The highest BCUT2D eigenvalue weighted by Gasteiger charge is 2.45. The van der Waals surface area contributed by atoms with E-state index < -0.39 is 30.2 Å². The first-order chi connectivity index (χ1) is 10.3. The van der Waals surface area contributed by atoms with Crippen molar-refractivity contribution in [2.24, 2.45) is 0 Å². The summed E-state index contributed by atoms with van der Waals surface area (Å²) in [4.78, 5) is 17.5. The summed E-state index contributed by atoms with van der Waals surface area (Å²) in [5.41, 5.74) is -0.979. The maximum atomic E-state index is 12.7. The van der Waals surface area contributed by atoms with Crippen molar-refractivity contribution in [2.45, 2.75) is 18.6 Å². The Morgan fingerprint density at radius 2 is 2.23 bits per heavy atom. The van der Waals surface area contributed by atoms with Crippen molar-refractivity contribution in [3.8, 4) is 12.3 Å². The molecular weight excluding hydrogens is 303 g/mol. The number of hydrogen-bond donors (Lipinski definition) is 1. The maximum Gasteiger partial charge on any atom is 0.416 e. The summed E-state index contributed by atoms with van der Waals surface area (Å²) in [5, 5.41) is 10.1. The number of nitrogens with zero attached hydrogens (tertiary/aromatic N) is 3. The van der Waals surface area contributed by atoms with Crippen LogP contribution in [0.4, 0.5) is 23.8 Å². The fraction of sp³-hybridized carbons (Fsp3) is 0.385. The van der Waals surface area contributed by atoms with Crippen LogP contribution in [0.5, 0.6) is 0 Å². The Labute approximate surface area is 124 Å². The third-order valence-corrected chi connectivity index (χ3v) is 3.07. The van der Waals surface area contributed by atoms with Gasteiger partial charge >= 0.3 is 12.2 Å². The molecule has 2 amide bonds. The average Bonchev–Trinajstić information content (AvgIpc) is 2.67. The van der Waals surface area contributed by atoms with Gasteiger partial charge in [0.1, 0.15) is 12.4 Å². The SMILES string of the molecule is C#CCOC1C(O)N(c2cc(C(F)(F)F)ccn2)C(=O)N1C. The number of pyridine rings is 1. The summed E-state index contributed by atoms with van der Waals surface area (Å²) in [6.07, 6.45) is -1.26. The molecule has 0 radical (unpaired) electrons. The van der Waals surface area contributed by atoms with E-state index in [2.05, 4.69) is 10.9 Å². The van der Waals surface area contributed by atoms with Gasteiger partial charge in [-0.3, -0.25) is 4.90 Å². The number of likely N-dealkylation sites (N-methyl/N-ethyl adjacent to an activating group) is 1. The Kier molecular flexibility index (Phi) is 4.25. The van der Waals surface area contributed by atoms with Crippen LogP contribution in [0.25, 0.3) is 0 Å². The molecule has 2 unspecified atom stereocenters. The number of rotatable bonds is 3. The monoisotopic (exact) mass is 315 g/mol. The first-order valence-corrected chi connectivity index (χ1v) is 6.09. The summed E-state index contributed by atoms with van der Waals surface area (Å²) in [6.45, 7) is -0.163. The maximum absolute atomic E-state index is 12.7. The lowest BCUT2D eigenvalue weighted by Gasteiger charge is -2.21. The normalized spacial score (nSPS) is 22.1. The van der Waals surface area contributed by atoms with Gasteiger partial charge in [0, 0.05) is 13.2 Å². The number of halogens is 3. The smallest absolute Gasteiger partial charge is 0.369 e. The van der Waals surface area contributed by atoms with Gasteiger partial charge in [-0.1, -0.05) is 5.92 Å². The minimum Gasteiger partial charge on any atom is -0.369 e. The van der Waals surface area contributed by atoms with Crippen LogP contribution in [0, 0.1) is 12.3 Å². The second-order valence-electron chi connectivity index (χ2n) is 4.48. The molecule has 1 aromatic heterocycles. The van der Waals surface area contributed by atoms with E-state index in [1.807, 2.05) is 0 Å². The molecule has 1 N–H and O–H groups in total. The van der Waals surface area contributed by atoms with Gasteiger partial charge in [0.05, 0.1) is 5.56 Å². The van der Waals surface area contributed by atoms with E-state index in [9.17, 15) is 23.1 Å². The quantitative estimate of drug-likeness (QED) is 0.853. The lowest BCUT2D eigenvalue weighted by Crippen LogP contribution is -2.39. The molecule has 0 bridgehead atoms. The number of urea groups is 1. The van der Waals surface area contributed by atoms with Crippen molar-refractivity contribution in [3.63, 3.8) is 0 Å². The summed E-state index contributed by atoms with van der Waals surface area (Å²) in [5.74, 6) is 1.85. The van der Waals surface area contributed by atoms with Crippen LogP contribution in [0.2, 0.25) is 0 Å². The van der Waals surface area contributed by atoms with Crippen LogP contribution < -0.4 is 4.90 Å². The number of aliphatic hydroxyl groups excluding tert-OH is 1. The molecule has 2 rings (SSSR count). The first kappa shape index (κ1) is 16.1. The van der Waals surface area contributed by atoms with Crippen LogP contribution in [-0.2, 0) is 10.9 Å². The molecule has 6 nitrogen and oxygen atoms in total. The second-order valence-corrected chi connectivity index (χ2v) is 4.48. The summed E-state index contributed by atoms with van der Waals surface area (Å²) in [7, 11) is 1.33. The molecule has 1 aliphatic rings. The Hall–Kier alpha value is -2.31. The van der Waals surface area contributed by atoms with Crippen LogP contribution in [0.15, 0.2) is 18.3 Å². The lowest BCUT2D eigenvalue weighted by atomic mass is 10.2. The predicted molar refractivity (Wildman–Crippen MR) is 69.5 cm³/mol. The highest BCUT2D eigenvalue weighted by Crippen LogP contribution is 2.33. The number of carbonyl (C=O) groups excluding carboxylic acids is 1. The molecule has 0 aliphatic carbocycles. The molecule has 2 atom stereocenters. The molecule has 1 aromatic rings. The van der Waals surface area contributed by atoms with E-state index in [0.717, 1.165) is 22.1 Å². The van der Waals surface area contributed by atoms with Gasteiger partial charge in [-0.05, 0) is 12.1 Å². The number of carbonyl (C=O) groups is 1. The Morgan fingerprint density at radius 1 is 1.55 bits per heavy atom. The van der Waals surface area contributed by atoms with Crippen molar-refractivity contribution in [2.75, 3.05) is 18.6 Å². The summed E-state index contributed by atoms with van der Waals surface area (Å²) < 4.78 is 43.3. The number of hydrogen-bond acceptors (Lipinski definition) is 4. The number of alkyl halides is 3. The van der Waals surface area contributed by atoms with Crippen LogP contribution >= 0.6 is 0 Å². The third-order valence-electron chi connectivity index (χ3n) is 3.07. The van der Waals surface area contributed by atoms with E-state index in [4.69, 9.17) is 11.2 Å². The molecule has 1 saturated heterocycles. The summed E-state index contributed by atoms with van der Waals surface area (Å²) in [6, 6.07) is 0.701. The number of aromatic nitrogens is 1. The van der Waals surface area contributed by atoms with Crippen molar-refractivity contribution in [3.05, 3.63) is 23.9 Å². The molecule has 0 saturated carbocycles. The van der Waals surface area contributed by atoms with Crippen molar-refractivity contribution < 1.29 is 27.8 Å². The Bertz CT molecular complexity index is 615. The van der Waals surface area contributed by atoms with E-state index in [0.29, 0.717) is 6.07 Å². The Balaban J connectivity index is 2.33.